The van der Waals surface area contributed by atoms with Crippen molar-refractivity contribution in [1.82, 2.24) is 0 Å². The molecule has 0 aromatic heterocycles. The van der Waals surface area contributed by atoms with Crippen LogP contribution in [0.5, 0.6) is 0 Å². The van der Waals surface area contributed by atoms with Gasteiger partial charge in [0.05, 0.1) is 6.04 Å². The first-order valence-electron chi connectivity index (χ1n) is 3.31. The van der Waals surface area contributed by atoms with Crippen molar-refractivity contribution in [3.63, 3.8) is 0 Å². The topological polar surface area (TPSA) is 36.2 Å². The van der Waals surface area contributed by atoms with Gasteiger partial charge in [0, 0.05) is 6.42 Å². The summed E-state index contributed by atoms with van der Waals surface area (Å²) < 4.78 is 0. The Morgan fingerprint density at radius 2 is 2.33 bits per heavy atom. The first-order valence-corrected chi connectivity index (χ1v) is 3.31. The van der Waals surface area contributed by atoms with Crippen molar-refractivity contribution < 1.29 is 0 Å². The van der Waals surface area contributed by atoms with Crippen LogP contribution >= 0.6 is 0 Å². The van der Waals surface area contributed by atoms with Crippen molar-refractivity contribution in [2.45, 2.75) is 32.7 Å². The SMILES string of the molecule is CCC=NC(C)CC=N. The number of hydrogen-bond donors (Lipinski definition) is 1. The molecule has 0 aromatic rings. The molecule has 9 heavy (non-hydrogen) atoms. The lowest BCUT2D eigenvalue weighted by Crippen LogP contribution is -1.97. The fourth-order valence-corrected chi connectivity index (χ4v) is 0.517. The molecule has 0 radical (unpaired) electrons. The van der Waals surface area contributed by atoms with Crippen LogP contribution in [-0.4, -0.2) is 18.5 Å². The predicted octanol–water partition coefficient (Wildman–Crippen LogP) is 1.90. The van der Waals surface area contributed by atoms with E-state index in [9.17, 15) is 0 Å². The molecule has 2 nitrogen and oxygen atoms in total. The summed E-state index contributed by atoms with van der Waals surface area (Å²) in [7, 11) is 0. The van der Waals surface area contributed by atoms with E-state index in [2.05, 4.69) is 11.9 Å². The molecule has 52 valence electrons. The van der Waals surface area contributed by atoms with Gasteiger partial charge in [0.1, 0.15) is 0 Å². The first kappa shape index (κ1) is 8.34. The Morgan fingerprint density at radius 1 is 1.67 bits per heavy atom. The van der Waals surface area contributed by atoms with E-state index >= 15 is 0 Å². The highest BCUT2D eigenvalue weighted by Crippen LogP contribution is 1.91. The molecule has 0 bridgehead atoms. The van der Waals surface area contributed by atoms with E-state index in [1.807, 2.05) is 13.1 Å². The molecule has 0 aliphatic carbocycles. The normalized spacial score (nSPS) is 14.0. The molecule has 0 spiro atoms. The van der Waals surface area contributed by atoms with Crippen LogP contribution in [0.4, 0.5) is 0 Å². The lowest BCUT2D eigenvalue weighted by molar-refractivity contribution is 0.788. The van der Waals surface area contributed by atoms with Gasteiger partial charge in [-0.2, -0.15) is 0 Å². The largest absolute Gasteiger partial charge is 0.313 e. The van der Waals surface area contributed by atoms with Crippen molar-refractivity contribution in [2.24, 2.45) is 4.99 Å². The summed E-state index contributed by atoms with van der Waals surface area (Å²) in [5.74, 6) is 0. The second-order valence-electron chi connectivity index (χ2n) is 2.03. The zero-order valence-corrected chi connectivity index (χ0v) is 6.09. The van der Waals surface area contributed by atoms with Gasteiger partial charge in [0.2, 0.25) is 0 Å². The van der Waals surface area contributed by atoms with E-state index in [0.29, 0.717) is 6.04 Å². The van der Waals surface area contributed by atoms with Crippen LogP contribution in [0.15, 0.2) is 4.99 Å². The van der Waals surface area contributed by atoms with Crippen LogP contribution in [0.1, 0.15) is 26.7 Å². The first-order chi connectivity index (χ1) is 4.31. The highest BCUT2D eigenvalue weighted by atomic mass is 14.7. The highest BCUT2D eigenvalue weighted by molar-refractivity contribution is 5.58. The van der Waals surface area contributed by atoms with Gasteiger partial charge in [-0.3, -0.25) is 4.99 Å². The Morgan fingerprint density at radius 3 is 2.78 bits per heavy atom. The van der Waals surface area contributed by atoms with Gasteiger partial charge in [-0.05, 0) is 25.8 Å². The fourth-order valence-electron chi connectivity index (χ4n) is 0.517. The maximum Gasteiger partial charge on any atom is 0.0516 e. The Bertz CT molecular complexity index is 97.1. The molecule has 0 heterocycles. The summed E-state index contributed by atoms with van der Waals surface area (Å²) in [5.41, 5.74) is 0. The molecule has 0 saturated carbocycles. The molecule has 0 rings (SSSR count). The summed E-state index contributed by atoms with van der Waals surface area (Å²) in [4.78, 5) is 4.16. The molecule has 0 amide bonds. The monoisotopic (exact) mass is 126 g/mol. The fraction of sp³-hybridized carbons (Fsp3) is 0.714. The zero-order valence-electron chi connectivity index (χ0n) is 6.09. The average Bonchev–Trinajstić information content (AvgIpc) is 1.85. The quantitative estimate of drug-likeness (QED) is 0.558. The molecular weight excluding hydrogens is 112 g/mol. The van der Waals surface area contributed by atoms with E-state index in [1.165, 1.54) is 6.21 Å². The van der Waals surface area contributed by atoms with Crippen molar-refractivity contribution in [2.75, 3.05) is 0 Å². The lowest BCUT2D eigenvalue weighted by atomic mass is 10.3. The Labute approximate surface area is 56.5 Å². The second-order valence-corrected chi connectivity index (χ2v) is 2.03. The summed E-state index contributed by atoms with van der Waals surface area (Å²) >= 11 is 0. The Hall–Kier alpha value is -0.660. The van der Waals surface area contributed by atoms with E-state index in [0.717, 1.165) is 12.8 Å². The van der Waals surface area contributed by atoms with Crippen LogP contribution in [0.2, 0.25) is 0 Å². The maximum absolute atomic E-state index is 6.77. The molecule has 1 atom stereocenters. The highest BCUT2D eigenvalue weighted by Gasteiger charge is 1.90. The number of rotatable bonds is 4. The minimum absolute atomic E-state index is 0.294. The number of nitrogens with zero attached hydrogens (tertiary/aromatic N) is 1. The van der Waals surface area contributed by atoms with Gasteiger partial charge in [-0.1, -0.05) is 6.92 Å². The molecule has 1 N–H and O–H groups in total. The van der Waals surface area contributed by atoms with Crippen LogP contribution < -0.4 is 0 Å². The van der Waals surface area contributed by atoms with Crippen molar-refractivity contribution >= 4 is 12.4 Å². The molecule has 0 aliphatic rings. The smallest absolute Gasteiger partial charge is 0.0516 e. The van der Waals surface area contributed by atoms with Crippen LogP contribution in [-0.2, 0) is 0 Å². The van der Waals surface area contributed by atoms with Gasteiger partial charge in [-0.15, -0.1) is 0 Å². The Kier molecular flexibility index (Phi) is 5.07. The Balaban J connectivity index is 3.35. The average molecular weight is 126 g/mol. The summed E-state index contributed by atoms with van der Waals surface area (Å²) in [6.45, 7) is 4.07. The summed E-state index contributed by atoms with van der Waals surface area (Å²) in [6, 6.07) is 0.294. The minimum Gasteiger partial charge on any atom is -0.313 e. The van der Waals surface area contributed by atoms with E-state index < -0.39 is 0 Å². The molecule has 0 saturated heterocycles. The van der Waals surface area contributed by atoms with Crippen molar-refractivity contribution in [3.05, 3.63) is 0 Å². The van der Waals surface area contributed by atoms with Crippen LogP contribution in [0, 0.1) is 5.41 Å². The molecule has 0 aromatic carbocycles. The van der Waals surface area contributed by atoms with Crippen molar-refractivity contribution in [1.29, 1.82) is 5.41 Å². The zero-order chi connectivity index (χ0) is 7.11. The van der Waals surface area contributed by atoms with Gasteiger partial charge in [-0.25, -0.2) is 0 Å². The molecular formula is C7H14N2. The number of hydrogen-bond acceptors (Lipinski definition) is 2. The molecule has 2 heteroatoms. The van der Waals surface area contributed by atoms with Crippen LogP contribution in [0.3, 0.4) is 0 Å². The van der Waals surface area contributed by atoms with Gasteiger partial charge >= 0.3 is 0 Å². The minimum atomic E-state index is 0.294. The van der Waals surface area contributed by atoms with E-state index in [4.69, 9.17) is 5.41 Å². The van der Waals surface area contributed by atoms with Gasteiger partial charge < -0.3 is 5.41 Å². The summed E-state index contributed by atoms with van der Waals surface area (Å²) in [6.07, 6.45) is 5.05. The van der Waals surface area contributed by atoms with Crippen LogP contribution in [0.25, 0.3) is 0 Å². The standard InChI is InChI=1S/C7H14N2/c1-3-6-9-7(2)4-5-8/h5-8H,3-4H2,1-2H3. The maximum atomic E-state index is 6.77. The second kappa shape index (κ2) is 5.48. The summed E-state index contributed by atoms with van der Waals surface area (Å²) in [5, 5.41) is 6.77. The third kappa shape index (κ3) is 5.21. The molecule has 0 fully saturated rings. The predicted molar refractivity (Wildman–Crippen MR) is 41.6 cm³/mol. The molecule has 0 aliphatic heterocycles. The number of aliphatic imine (C=N–C) groups is 1. The van der Waals surface area contributed by atoms with E-state index in [-0.39, 0.29) is 0 Å². The van der Waals surface area contributed by atoms with Gasteiger partial charge in [0.25, 0.3) is 0 Å². The van der Waals surface area contributed by atoms with Crippen molar-refractivity contribution in [3.8, 4) is 0 Å². The van der Waals surface area contributed by atoms with E-state index in [1.54, 1.807) is 0 Å². The lowest BCUT2D eigenvalue weighted by Gasteiger charge is -1.97. The molecule has 1 unspecified atom stereocenters. The third-order valence-electron chi connectivity index (χ3n) is 1.00. The third-order valence-corrected chi connectivity index (χ3v) is 1.00. The van der Waals surface area contributed by atoms with Gasteiger partial charge in [0.15, 0.2) is 0 Å². The number of nitrogens with one attached hydrogen (secondary N) is 1.